The van der Waals surface area contributed by atoms with Crippen LogP contribution >= 0.6 is 11.6 Å². The van der Waals surface area contributed by atoms with Gasteiger partial charge in [-0.2, -0.15) is 0 Å². The van der Waals surface area contributed by atoms with Crippen molar-refractivity contribution in [2.24, 2.45) is 0 Å². The van der Waals surface area contributed by atoms with Gasteiger partial charge in [0, 0.05) is 16.3 Å². The van der Waals surface area contributed by atoms with Crippen molar-refractivity contribution in [3.8, 4) is 17.2 Å². The fourth-order valence-corrected chi connectivity index (χ4v) is 3.35. The maximum Gasteiger partial charge on any atom is 0.265 e. The van der Waals surface area contributed by atoms with Gasteiger partial charge in [-0.1, -0.05) is 23.7 Å². The van der Waals surface area contributed by atoms with Crippen molar-refractivity contribution in [1.82, 2.24) is 4.98 Å². The molecule has 1 N–H and O–H groups in total. The lowest BCUT2D eigenvalue weighted by atomic mass is 10.2. The van der Waals surface area contributed by atoms with E-state index in [2.05, 4.69) is 10.3 Å². The van der Waals surface area contributed by atoms with Crippen molar-refractivity contribution in [3.05, 3.63) is 76.8 Å². The minimum Gasteiger partial charge on any atom is -0.481 e. The monoisotopic (exact) mass is 420 g/mol. The van der Waals surface area contributed by atoms with Gasteiger partial charge in [-0.25, -0.2) is 4.98 Å². The molecule has 1 heterocycles. The number of anilines is 1. The quantitative estimate of drug-likeness (QED) is 0.419. The molecular weight excluding hydrogens is 400 g/mol. The lowest BCUT2D eigenvalue weighted by Crippen LogP contribution is -2.30. The molecule has 0 aliphatic heterocycles. The predicted octanol–water partition coefficient (Wildman–Crippen LogP) is 6.17. The molecule has 5 nitrogen and oxygen atoms in total. The number of amides is 1. The average molecular weight is 421 g/mol. The highest BCUT2D eigenvalue weighted by molar-refractivity contribution is 6.30. The van der Waals surface area contributed by atoms with Crippen molar-refractivity contribution in [1.29, 1.82) is 0 Å². The third-order valence-corrected chi connectivity index (χ3v) is 4.97. The van der Waals surface area contributed by atoms with Gasteiger partial charge in [-0.05, 0) is 80.4 Å². The highest BCUT2D eigenvalue weighted by Gasteiger charge is 2.17. The third kappa shape index (κ3) is 4.31. The smallest absolute Gasteiger partial charge is 0.265 e. The Hall–Kier alpha value is -3.31. The molecule has 1 amide bonds. The van der Waals surface area contributed by atoms with E-state index in [0.29, 0.717) is 22.4 Å². The van der Waals surface area contributed by atoms with Crippen molar-refractivity contribution in [2.45, 2.75) is 26.9 Å². The average Bonchev–Trinajstić information content (AvgIpc) is 3.13. The fourth-order valence-electron chi connectivity index (χ4n) is 3.12. The van der Waals surface area contributed by atoms with Crippen LogP contribution in [0, 0.1) is 13.8 Å². The van der Waals surface area contributed by atoms with Crippen LogP contribution in [0.15, 0.2) is 65.1 Å². The molecule has 0 saturated carbocycles. The van der Waals surface area contributed by atoms with E-state index in [9.17, 15) is 4.79 Å². The summed E-state index contributed by atoms with van der Waals surface area (Å²) < 4.78 is 11.7. The van der Waals surface area contributed by atoms with Crippen LogP contribution in [0.3, 0.4) is 0 Å². The van der Waals surface area contributed by atoms with Crippen LogP contribution in [0.5, 0.6) is 5.75 Å². The summed E-state index contributed by atoms with van der Waals surface area (Å²) in [6.07, 6.45) is -0.680. The van der Waals surface area contributed by atoms with Crippen molar-refractivity contribution < 1.29 is 13.9 Å². The second-order valence-corrected chi connectivity index (χ2v) is 7.67. The Morgan fingerprint density at radius 2 is 1.93 bits per heavy atom. The molecule has 1 aromatic heterocycles. The van der Waals surface area contributed by atoms with E-state index in [4.69, 9.17) is 20.8 Å². The number of nitrogens with one attached hydrogen (secondary N) is 1. The maximum atomic E-state index is 12.6. The van der Waals surface area contributed by atoms with Crippen LogP contribution in [-0.4, -0.2) is 17.0 Å². The molecule has 3 aromatic carbocycles. The van der Waals surface area contributed by atoms with E-state index < -0.39 is 6.10 Å². The summed E-state index contributed by atoms with van der Waals surface area (Å²) in [6.45, 7) is 5.60. The van der Waals surface area contributed by atoms with Crippen molar-refractivity contribution in [2.75, 3.05) is 5.32 Å². The number of aryl methyl sites for hydroxylation is 2. The summed E-state index contributed by atoms with van der Waals surface area (Å²) in [4.78, 5) is 17.2. The largest absolute Gasteiger partial charge is 0.481 e. The van der Waals surface area contributed by atoms with Gasteiger partial charge < -0.3 is 14.5 Å². The first-order chi connectivity index (χ1) is 14.4. The number of rotatable bonds is 5. The number of nitrogens with zero attached hydrogens (tertiary/aromatic N) is 1. The fraction of sp³-hybridized carbons (Fsp3) is 0.167. The first kappa shape index (κ1) is 20.0. The summed E-state index contributed by atoms with van der Waals surface area (Å²) in [5, 5.41) is 3.51. The van der Waals surface area contributed by atoms with E-state index in [-0.39, 0.29) is 5.91 Å². The minimum absolute atomic E-state index is 0.255. The highest BCUT2D eigenvalue weighted by Crippen LogP contribution is 2.27. The molecule has 0 fully saturated rings. The molecule has 4 aromatic rings. The Morgan fingerprint density at radius 3 is 2.73 bits per heavy atom. The van der Waals surface area contributed by atoms with Gasteiger partial charge in [0.1, 0.15) is 11.3 Å². The van der Waals surface area contributed by atoms with Crippen LogP contribution in [-0.2, 0) is 4.79 Å². The second kappa shape index (κ2) is 8.20. The molecule has 4 rings (SSSR count). The molecule has 1 atom stereocenters. The lowest BCUT2D eigenvalue weighted by Gasteiger charge is -2.16. The van der Waals surface area contributed by atoms with Crippen molar-refractivity contribution >= 4 is 34.3 Å². The van der Waals surface area contributed by atoms with E-state index in [1.807, 2.05) is 56.3 Å². The molecule has 0 saturated heterocycles. The maximum absolute atomic E-state index is 12.6. The Bertz CT molecular complexity index is 1230. The molecule has 0 aliphatic carbocycles. The number of oxazole rings is 1. The minimum atomic E-state index is -0.680. The van der Waals surface area contributed by atoms with Gasteiger partial charge >= 0.3 is 0 Å². The zero-order chi connectivity index (χ0) is 21.3. The van der Waals surface area contributed by atoms with E-state index in [1.54, 1.807) is 25.1 Å². The number of carbonyl (C=O) groups excluding carboxylic acids is 1. The first-order valence-corrected chi connectivity index (χ1v) is 9.98. The topological polar surface area (TPSA) is 64.4 Å². The molecule has 6 heteroatoms. The molecule has 30 heavy (non-hydrogen) atoms. The summed E-state index contributed by atoms with van der Waals surface area (Å²) >= 11 is 5.97. The molecule has 1 unspecified atom stereocenters. The molecular formula is C24H21ClN2O3. The van der Waals surface area contributed by atoms with Crippen LogP contribution in [0.25, 0.3) is 22.6 Å². The number of ether oxygens (including phenoxy) is 1. The number of benzene rings is 3. The van der Waals surface area contributed by atoms with Crippen LogP contribution in [0.1, 0.15) is 18.1 Å². The number of hydrogen-bond acceptors (Lipinski definition) is 4. The summed E-state index contributed by atoms with van der Waals surface area (Å²) in [6, 6.07) is 18.5. The SMILES string of the molecule is Cc1ccc2oc(-c3cccc(NC(=O)C(C)Oc4ccc(Cl)cc4C)c3)nc2c1. The number of carbonyl (C=O) groups is 1. The summed E-state index contributed by atoms with van der Waals surface area (Å²) in [5.74, 6) is 0.875. The Balaban J connectivity index is 1.49. The molecule has 0 radical (unpaired) electrons. The Morgan fingerprint density at radius 1 is 1.10 bits per heavy atom. The number of halogens is 1. The normalized spacial score (nSPS) is 12.0. The second-order valence-electron chi connectivity index (χ2n) is 7.23. The lowest BCUT2D eigenvalue weighted by molar-refractivity contribution is -0.122. The van der Waals surface area contributed by atoms with Crippen LogP contribution in [0.2, 0.25) is 5.02 Å². The van der Waals surface area contributed by atoms with E-state index >= 15 is 0 Å². The van der Waals surface area contributed by atoms with Crippen LogP contribution < -0.4 is 10.1 Å². The number of aromatic nitrogens is 1. The Kier molecular flexibility index (Phi) is 5.46. The molecule has 0 aliphatic rings. The van der Waals surface area contributed by atoms with E-state index in [0.717, 1.165) is 27.8 Å². The molecule has 0 bridgehead atoms. The van der Waals surface area contributed by atoms with Gasteiger partial charge in [-0.15, -0.1) is 0 Å². The van der Waals surface area contributed by atoms with Crippen molar-refractivity contribution in [3.63, 3.8) is 0 Å². The van der Waals surface area contributed by atoms with E-state index in [1.165, 1.54) is 0 Å². The van der Waals surface area contributed by atoms with Gasteiger partial charge in [0.05, 0.1) is 0 Å². The Labute approximate surface area is 179 Å². The summed E-state index contributed by atoms with van der Waals surface area (Å²) in [5.41, 5.74) is 4.94. The first-order valence-electron chi connectivity index (χ1n) is 9.60. The predicted molar refractivity (Wildman–Crippen MR) is 119 cm³/mol. The standard InChI is InChI=1S/C24H21ClN2O3/c1-14-7-9-22-20(11-14)27-24(30-22)17-5-4-6-19(13-17)26-23(28)16(3)29-21-10-8-18(25)12-15(21)2/h4-13,16H,1-3H3,(H,26,28). The molecule has 152 valence electrons. The zero-order valence-electron chi connectivity index (χ0n) is 16.9. The van der Waals surface area contributed by atoms with Crippen LogP contribution in [0.4, 0.5) is 5.69 Å². The number of hydrogen-bond donors (Lipinski definition) is 1. The number of fused-ring (bicyclic) bond motifs is 1. The van der Waals surface area contributed by atoms with Gasteiger partial charge in [0.2, 0.25) is 5.89 Å². The third-order valence-electron chi connectivity index (χ3n) is 4.73. The van der Waals surface area contributed by atoms with Gasteiger partial charge in [-0.3, -0.25) is 4.79 Å². The van der Waals surface area contributed by atoms with Gasteiger partial charge in [0.25, 0.3) is 5.91 Å². The highest BCUT2D eigenvalue weighted by atomic mass is 35.5. The van der Waals surface area contributed by atoms with Gasteiger partial charge in [0.15, 0.2) is 11.7 Å². The zero-order valence-corrected chi connectivity index (χ0v) is 17.7. The molecule has 0 spiro atoms. The summed E-state index contributed by atoms with van der Waals surface area (Å²) in [7, 11) is 0.